The molecule has 0 radical (unpaired) electrons. The molecule has 2 aliphatic rings. The molecule has 1 aromatic carbocycles. The summed E-state index contributed by atoms with van der Waals surface area (Å²) in [5, 5.41) is 0. The number of allylic oxidation sites excluding steroid dienone is 2. The molecule has 3 rings (SSSR count). The van der Waals surface area contributed by atoms with Gasteiger partial charge in [-0.05, 0) is 38.1 Å². The van der Waals surface area contributed by atoms with Gasteiger partial charge in [0.05, 0.1) is 29.7 Å². The van der Waals surface area contributed by atoms with Crippen molar-refractivity contribution in [2.45, 2.75) is 33.0 Å². The van der Waals surface area contributed by atoms with E-state index in [1.165, 1.54) is 11.8 Å². The molecule has 2 saturated heterocycles. The number of fused-ring (bicyclic) bond motifs is 1. The van der Waals surface area contributed by atoms with Crippen molar-refractivity contribution in [3.05, 3.63) is 48.6 Å². The van der Waals surface area contributed by atoms with Crippen LogP contribution in [0.3, 0.4) is 0 Å². The van der Waals surface area contributed by atoms with Crippen molar-refractivity contribution in [2.24, 2.45) is 11.8 Å². The number of imide groups is 1. The predicted octanol–water partition coefficient (Wildman–Crippen LogP) is 2.64. The molecule has 2 fully saturated rings. The van der Waals surface area contributed by atoms with Gasteiger partial charge in [0, 0.05) is 6.92 Å². The van der Waals surface area contributed by atoms with Crippen LogP contribution in [0, 0.1) is 11.8 Å². The first kappa shape index (κ1) is 18.1. The second kappa shape index (κ2) is 7.25. The lowest BCUT2D eigenvalue weighted by Crippen LogP contribution is -2.35. The highest BCUT2D eigenvalue weighted by molar-refractivity contribution is 6.22. The van der Waals surface area contributed by atoms with E-state index >= 15 is 0 Å². The van der Waals surface area contributed by atoms with Crippen LogP contribution in [-0.4, -0.2) is 30.0 Å². The maximum atomic E-state index is 13.0. The smallest absolute Gasteiger partial charge is 0.308 e. The molecule has 136 valence electrons. The van der Waals surface area contributed by atoms with E-state index in [0.29, 0.717) is 11.4 Å². The van der Waals surface area contributed by atoms with Crippen LogP contribution < -0.4 is 9.64 Å². The molecule has 2 aliphatic heterocycles. The van der Waals surface area contributed by atoms with E-state index < -0.39 is 30.0 Å². The van der Waals surface area contributed by atoms with Gasteiger partial charge in [-0.25, -0.2) is 4.90 Å². The van der Waals surface area contributed by atoms with E-state index in [-0.39, 0.29) is 11.8 Å². The second-order valence-electron chi connectivity index (χ2n) is 6.27. The summed E-state index contributed by atoms with van der Waals surface area (Å²) >= 11 is 0. The van der Waals surface area contributed by atoms with Crippen LogP contribution in [-0.2, 0) is 19.1 Å². The Labute approximate surface area is 152 Å². The molecule has 0 aromatic heterocycles. The van der Waals surface area contributed by atoms with Crippen molar-refractivity contribution in [2.75, 3.05) is 4.90 Å². The Morgan fingerprint density at radius 1 is 1.00 bits per heavy atom. The first-order valence-corrected chi connectivity index (χ1v) is 8.55. The fourth-order valence-electron chi connectivity index (χ4n) is 3.55. The van der Waals surface area contributed by atoms with Crippen LogP contribution in [0.5, 0.6) is 5.75 Å². The van der Waals surface area contributed by atoms with E-state index in [1.807, 2.05) is 38.2 Å². The lowest BCUT2D eigenvalue weighted by Gasteiger charge is -2.19. The summed E-state index contributed by atoms with van der Waals surface area (Å²) in [6, 6.07) is 6.33. The van der Waals surface area contributed by atoms with Crippen LogP contribution in [0.1, 0.15) is 20.8 Å². The minimum atomic E-state index is -0.534. The topological polar surface area (TPSA) is 72.9 Å². The SMILES string of the molecule is C/C=C/C1OC(/C=C/C)[C@@H]2C(=O)N(c3ccc(OC(C)=O)cc3)C(=O)[C@H]12. The number of carbonyl (C=O) groups is 3. The number of anilines is 1. The molecule has 1 aromatic rings. The largest absolute Gasteiger partial charge is 0.427 e. The summed E-state index contributed by atoms with van der Waals surface area (Å²) in [6.07, 6.45) is 6.45. The molecule has 0 saturated carbocycles. The first-order chi connectivity index (χ1) is 12.5. The number of benzene rings is 1. The van der Waals surface area contributed by atoms with Crippen molar-refractivity contribution in [1.82, 2.24) is 0 Å². The third-order valence-electron chi connectivity index (χ3n) is 4.54. The number of rotatable bonds is 4. The van der Waals surface area contributed by atoms with Crippen molar-refractivity contribution >= 4 is 23.5 Å². The number of hydrogen-bond acceptors (Lipinski definition) is 5. The zero-order chi connectivity index (χ0) is 18.8. The van der Waals surface area contributed by atoms with Gasteiger partial charge in [-0.2, -0.15) is 0 Å². The molecule has 0 N–H and O–H groups in total. The number of ether oxygens (including phenoxy) is 2. The van der Waals surface area contributed by atoms with Crippen LogP contribution in [0.15, 0.2) is 48.6 Å². The first-order valence-electron chi connectivity index (χ1n) is 8.55. The van der Waals surface area contributed by atoms with Gasteiger partial charge >= 0.3 is 5.97 Å². The van der Waals surface area contributed by atoms with Crippen LogP contribution in [0.2, 0.25) is 0 Å². The van der Waals surface area contributed by atoms with Gasteiger partial charge in [0.15, 0.2) is 0 Å². The number of hydrogen-bond donors (Lipinski definition) is 0. The van der Waals surface area contributed by atoms with Gasteiger partial charge in [0.1, 0.15) is 5.75 Å². The summed E-state index contributed by atoms with van der Waals surface area (Å²) in [5.41, 5.74) is 0.462. The fraction of sp³-hybridized carbons (Fsp3) is 0.350. The van der Waals surface area contributed by atoms with E-state index in [1.54, 1.807) is 24.3 Å². The van der Waals surface area contributed by atoms with Crippen molar-refractivity contribution in [3.63, 3.8) is 0 Å². The normalized spacial score (nSPS) is 28.3. The van der Waals surface area contributed by atoms with Crippen LogP contribution in [0.25, 0.3) is 0 Å². The quantitative estimate of drug-likeness (QED) is 0.359. The van der Waals surface area contributed by atoms with Gasteiger partial charge < -0.3 is 9.47 Å². The monoisotopic (exact) mass is 355 g/mol. The summed E-state index contributed by atoms with van der Waals surface area (Å²) in [6.45, 7) is 5.02. The molecular formula is C20H21NO5. The zero-order valence-electron chi connectivity index (χ0n) is 14.9. The molecule has 6 nitrogen and oxygen atoms in total. The van der Waals surface area contributed by atoms with Crippen LogP contribution in [0.4, 0.5) is 5.69 Å². The van der Waals surface area contributed by atoms with Crippen molar-refractivity contribution in [3.8, 4) is 5.75 Å². The zero-order valence-corrected chi connectivity index (χ0v) is 14.9. The fourth-order valence-corrected chi connectivity index (χ4v) is 3.55. The van der Waals surface area contributed by atoms with Gasteiger partial charge in [-0.15, -0.1) is 0 Å². The molecule has 2 heterocycles. The minimum absolute atomic E-state index is 0.268. The third-order valence-corrected chi connectivity index (χ3v) is 4.54. The van der Waals surface area contributed by atoms with Crippen molar-refractivity contribution < 1.29 is 23.9 Å². The molecule has 0 aliphatic carbocycles. The van der Waals surface area contributed by atoms with E-state index in [2.05, 4.69) is 0 Å². The lowest BCUT2D eigenvalue weighted by molar-refractivity contribution is -0.132. The van der Waals surface area contributed by atoms with Crippen molar-refractivity contribution in [1.29, 1.82) is 0 Å². The van der Waals surface area contributed by atoms with Crippen LogP contribution >= 0.6 is 0 Å². The summed E-state index contributed by atoms with van der Waals surface area (Å²) in [4.78, 5) is 38.2. The van der Waals surface area contributed by atoms with Gasteiger partial charge in [0.25, 0.3) is 0 Å². The molecule has 2 unspecified atom stereocenters. The van der Waals surface area contributed by atoms with E-state index in [4.69, 9.17) is 9.47 Å². The Morgan fingerprint density at radius 3 is 1.92 bits per heavy atom. The van der Waals surface area contributed by atoms with Gasteiger partial charge in [-0.1, -0.05) is 24.3 Å². The molecule has 0 bridgehead atoms. The number of carbonyl (C=O) groups excluding carboxylic acids is 3. The Hall–Kier alpha value is -2.73. The maximum absolute atomic E-state index is 13.0. The van der Waals surface area contributed by atoms with Gasteiger partial charge in [-0.3, -0.25) is 14.4 Å². The highest BCUT2D eigenvalue weighted by Gasteiger charge is 2.58. The summed E-state index contributed by atoms with van der Waals surface area (Å²) in [7, 11) is 0. The molecular weight excluding hydrogens is 334 g/mol. The Bertz CT molecular complexity index is 744. The molecule has 26 heavy (non-hydrogen) atoms. The van der Waals surface area contributed by atoms with Gasteiger partial charge in [0.2, 0.25) is 11.8 Å². The highest BCUT2D eigenvalue weighted by atomic mass is 16.5. The Balaban J connectivity index is 1.92. The maximum Gasteiger partial charge on any atom is 0.308 e. The molecule has 0 spiro atoms. The third kappa shape index (κ3) is 3.08. The number of esters is 1. The number of nitrogens with zero attached hydrogens (tertiary/aromatic N) is 1. The predicted molar refractivity (Wildman–Crippen MR) is 95.5 cm³/mol. The van der Waals surface area contributed by atoms with E-state index in [9.17, 15) is 14.4 Å². The molecule has 4 atom stereocenters. The highest BCUT2D eigenvalue weighted by Crippen LogP contribution is 2.43. The molecule has 6 heteroatoms. The average Bonchev–Trinajstić information content (AvgIpc) is 3.06. The minimum Gasteiger partial charge on any atom is -0.427 e. The summed E-state index contributed by atoms with van der Waals surface area (Å²) < 4.78 is 10.9. The Kier molecular flexibility index (Phi) is 5.04. The average molecular weight is 355 g/mol. The second-order valence-corrected chi connectivity index (χ2v) is 6.27. The Morgan fingerprint density at radius 2 is 1.50 bits per heavy atom. The lowest BCUT2D eigenvalue weighted by atomic mass is 9.89. The number of amides is 2. The summed E-state index contributed by atoms with van der Waals surface area (Å²) in [5.74, 6) is -1.67. The van der Waals surface area contributed by atoms with E-state index in [0.717, 1.165) is 0 Å². The standard InChI is InChI=1S/C20H21NO5/c1-4-6-15-17-18(16(26-15)7-5-2)20(24)21(19(17)23)13-8-10-14(11-9-13)25-12(3)22/h4-11,15-18H,1-3H3/b6-4+,7-5+/t15?,16?,17-,18+. The molecule has 2 amide bonds.